The van der Waals surface area contributed by atoms with E-state index in [-0.39, 0.29) is 5.75 Å². The van der Waals surface area contributed by atoms with E-state index < -0.39 is 33.8 Å². The number of ether oxygens (including phenoxy) is 1. The molecule has 0 radical (unpaired) electrons. The molecule has 4 nitrogen and oxygen atoms in total. The van der Waals surface area contributed by atoms with Gasteiger partial charge in [-0.3, -0.25) is 10.1 Å². The Balaban J connectivity index is 2.44. The lowest BCUT2D eigenvalue weighted by atomic mass is 10.2. The molecule has 0 unspecified atom stereocenters. The smallest absolute Gasteiger partial charge is 0.314 e. The van der Waals surface area contributed by atoms with Crippen LogP contribution in [0.1, 0.15) is 0 Å². The van der Waals surface area contributed by atoms with Gasteiger partial charge in [0.05, 0.1) is 11.0 Å². The molecular weight excluding hydrogens is 263 g/mol. The second-order valence-corrected chi connectivity index (χ2v) is 3.52. The van der Waals surface area contributed by atoms with Gasteiger partial charge in [-0.15, -0.1) is 0 Å². The van der Waals surface area contributed by atoms with Crippen molar-refractivity contribution in [3.63, 3.8) is 0 Å². The Morgan fingerprint density at radius 1 is 1.05 bits per heavy atom. The number of rotatable bonds is 3. The Morgan fingerprint density at radius 3 is 2.47 bits per heavy atom. The SMILES string of the molecule is O=[N+]([O-])c1cc(F)ccc1Oc1cccc(F)c1F. The first kappa shape index (κ1) is 12.9. The second kappa shape index (κ2) is 4.97. The van der Waals surface area contributed by atoms with E-state index in [1.807, 2.05) is 0 Å². The normalized spacial score (nSPS) is 10.3. The van der Waals surface area contributed by atoms with E-state index in [4.69, 9.17) is 4.74 Å². The summed E-state index contributed by atoms with van der Waals surface area (Å²) >= 11 is 0. The van der Waals surface area contributed by atoms with Gasteiger partial charge in [-0.05, 0) is 24.3 Å². The fourth-order valence-corrected chi connectivity index (χ4v) is 1.40. The van der Waals surface area contributed by atoms with Crippen LogP contribution >= 0.6 is 0 Å². The third-order valence-corrected chi connectivity index (χ3v) is 2.25. The molecule has 0 heterocycles. The average molecular weight is 269 g/mol. The van der Waals surface area contributed by atoms with Crippen molar-refractivity contribution in [1.29, 1.82) is 0 Å². The van der Waals surface area contributed by atoms with Gasteiger partial charge < -0.3 is 4.74 Å². The van der Waals surface area contributed by atoms with Crippen molar-refractivity contribution in [2.45, 2.75) is 0 Å². The predicted molar refractivity (Wildman–Crippen MR) is 59.5 cm³/mol. The Morgan fingerprint density at radius 2 is 1.79 bits per heavy atom. The third-order valence-electron chi connectivity index (χ3n) is 2.25. The molecule has 0 saturated heterocycles. The zero-order chi connectivity index (χ0) is 14.0. The first-order valence-electron chi connectivity index (χ1n) is 5.05. The lowest BCUT2D eigenvalue weighted by Gasteiger charge is -2.07. The monoisotopic (exact) mass is 269 g/mol. The predicted octanol–water partition coefficient (Wildman–Crippen LogP) is 3.80. The van der Waals surface area contributed by atoms with Gasteiger partial charge in [0.2, 0.25) is 11.6 Å². The van der Waals surface area contributed by atoms with Crippen molar-refractivity contribution in [1.82, 2.24) is 0 Å². The lowest BCUT2D eigenvalue weighted by Crippen LogP contribution is -1.96. The van der Waals surface area contributed by atoms with E-state index in [0.29, 0.717) is 6.07 Å². The quantitative estimate of drug-likeness (QED) is 0.629. The zero-order valence-electron chi connectivity index (χ0n) is 9.27. The van der Waals surface area contributed by atoms with Crippen LogP contribution in [0.15, 0.2) is 36.4 Å². The molecule has 0 atom stereocenters. The van der Waals surface area contributed by atoms with Crippen LogP contribution in [0.2, 0.25) is 0 Å². The largest absolute Gasteiger partial charge is 0.447 e. The highest BCUT2D eigenvalue weighted by Crippen LogP contribution is 2.33. The van der Waals surface area contributed by atoms with Crippen LogP contribution in [0, 0.1) is 27.6 Å². The summed E-state index contributed by atoms with van der Waals surface area (Å²) < 4.78 is 44.1. The number of halogens is 3. The van der Waals surface area contributed by atoms with E-state index in [0.717, 1.165) is 24.3 Å². The molecular formula is C12H6F3NO3. The molecule has 2 aromatic carbocycles. The Kier molecular flexibility index (Phi) is 3.37. The van der Waals surface area contributed by atoms with Gasteiger partial charge in [0, 0.05) is 0 Å². The molecule has 0 amide bonds. The first-order chi connectivity index (χ1) is 8.99. The highest BCUT2D eigenvalue weighted by Gasteiger charge is 2.19. The molecule has 2 aromatic rings. The van der Waals surface area contributed by atoms with E-state index in [1.165, 1.54) is 6.07 Å². The minimum atomic E-state index is -1.28. The van der Waals surface area contributed by atoms with E-state index >= 15 is 0 Å². The summed E-state index contributed by atoms with van der Waals surface area (Å²) in [5.41, 5.74) is -0.677. The number of hydrogen-bond donors (Lipinski definition) is 0. The zero-order valence-corrected chi connectivity index (χ0v) is 9.27. The average Bonchev–Trinajstić information content (AvgIpc) is 2.36. The molecule has 0 aromatic heterocycles. The molecule has 7 heteroatoms. The summed E-state index contributed by atoms with van der Waals surface area (Å²) in [4.78, 5) is 9.83. The van der Waals surface area contributed by atoms with Crippen molar-refractivity contribution < 1.29 is 22.8 Å². The second-order valence-electron chi connectivity index (χ2n) is 3.52. The molecule has 0 fully saturated rings. The summed E-state index contributed by atoms with van der Waals surface area (Å²) in [6.45, 7) is 0. The fourth-order valence-electron chi connectivity index (χ4n) is 1.40. The van der Waals surface area contributed by atoms with E-state index in [1.54, 1.807) is 0 Å². The lowest BCUT2D eigenvalue weighted by molar-refractivity contribution is -0.385. The maximum atomic E-state index is 13.4. The molecule has 0 aliphatic rings. The van der Waals surface area contributed by atoms with Crippen molar-refractivity contribution >= 4 is 5.69 Å². The van der Waals surface area contributed by atoms with Crippen LogP contribution in [-0.2, 0) is 0 Å². The van der Waals surface area contributed by atoms with Crippen LogP contribution in [-0.4, -0.2) is 4.92 Å². The van der Waals surface area contributed by atoms with E-state index in [9.17, 15) is 23.3 Å². The number of benzene rings is 2. The summed E-state index contributed by atoms with van der Waals surface area (Å²) in [5, 5.41) is 10.7. The van der Waals surface area contributed by atoms with Crippen molar-refractivity contribution in [3.8, 4) is 11.5 Å². The van der Waals surface area contributed by atoms with E-state index in [2.05, 4.69) is 0 Å². The van der Waals surface area contributed by atoms with Gasteiger partial charge in [-0.1, -0.05) is 6.07 Å². The summed E-state index contributed by atoms with van der Waals surface area (Å²) in [6.07, 6.45) is 0. The maximum absolute atomic E-state index is 13.4. The van der Waals surface area contributed by atoms with Gasteiger partial charge in [-0.2, -0.15) is 4.39 Å². The molecule has 0 N–H and O–H groups in total. The fraction of sp³-hybridized carbons (Fsp3) is 0. The summed E-state index contributed by atoms with van der Waals surface area (Å²) in [6, 6.07) is 5.68. The minimum Gasteiger partial charge on any atom is -0.447 e. The molecule has 0 aliphatic carbocycles. The van der Waals surface area contributed by atoms with Gasteiger partial charge in [0.15, 0.2) is 11.6 Å². The Bertz CT molecular complexity index is 646. The van der Waals surface area contributed by atoms with Crippen LogP contribution in [0.5, 0.6) is 11.5 Å². The number of nitro groups is 1. The van der Waals surface area contributed by atoms with Crippen molar-refractivity contribution in [2.75, 3.05) is 0 Å². The van der Waals surface area contributed by atoms with Gasteiger partial charge in [0.25, 0.3) is 0 Å². The molecule has 2 rings (SSSR count). The third kappa shape index (κ3) is 2.65. The van der Waals surface area contributed by atoms with Crippen molar-refractivity contribution in [2.24, 2.45) is 0 Å². The van der Waals surface area contributed by atoms with Gasteiger partial charge in [-0.25, -0.2) is 8.78 Å². The standard InChI is InChI=1S/C12H6F3NO3/c13-7-4-5-10(9(6-7)16(17)18)19-11-3-1-2-8(14)12(11)15/h1-6H. The van der Waals surface area contributed by atoms with Crippen LogP contribution in [0.25, 0.3) is 0 Å². The molecule has 0 spiro atoms. The maximum Gasteiger partial charge on any atom is 0.314 e. The Hall–Kier alpha value is -2.57. The summed E-state index contributed by atoms with van der Waals surface area (Å²) in [7, 11) is 0. The Labute approximate surface area is 105 Å². The molecule has 0 aliphatic heterocycles. The molecule has 98 valence electrons. The minimum absolute atomic E-state index is 0.379. The number of nitrogens with zero attached hydrogens (tertiary/aromatic N) is 1. The number of hydrogen-bond acceptors (Lipinski definition) is 3. The van der Waals surface area contributed by atoms with Crippen LogP contribution in [0.3, 0.4) is 0 Å². The summed E-state index contributed by atoms with van der Waals surface area (Å²) in [5.74, 6) is -4.16. The van der Waals surface area contributed by atoms with Crippen LogP contribution in [0.4, 0.5) is 18.9 Å². The number of nitro benzene ring substituents is 1. The highest BCUT2D eigenvalue weighted by molar-refractivity contribution is 5.48. The first-order valence-corrected chi connectivity index (χ1v) is 5.05. The van der Waals surface area contributed by atoms with Crippen LogP contribution < -0.4 is 4.74 Å². The molecule has 0 saturated carbocycles. The van der Waals surface area contributed by atoms with Gasteiger partial charge in [0.1, 0.15) is 5.82 Å². The topological polar surface area (TPSA) is 52.4 Å². The highest BCUT2D eigenvalue weighted by atomic mass is 19.2. The van der Waals surface area contributed by atoms with Crippen molar-refractivity contribution in [3.05, 3.63) is 64.0 Å². The molecule has 0 bridgehead atoms. The molecule has 19 heavy (non-hydrogen) atoms. The van der Waals surface area contributed by atoms with Gasteiger partial charge >= 0.3 is 5.69 Å².